The molecule has 2 heterocycles. The Bertz CT molecular complexity index is 700. The summed E-state index contributed by atoms with van der Waals surface area (Å²) < 4.78 is 22.2. The van der Waals surface area contributed by atoms with Crippen LogP contribution in [0.5, 0.6) is 0 Å². The van der Waals surface area contributed by atoms with Gasteiger partial charge in [0.15, 0.2) is 0 Å². The molecule has 1 saturated carbocycles. The third kappa shape index (κ3) is 2.57. The lowest BCUT2D eigenvalue weighted by Crippen LogP contribution is -2.51. The molecule has 3 aliphatic rings. The number of benzene rings is 1. The topological polar surface area (TPSA) is 76.0 Å². The highest BCUT2D eigenvalue weighted by molar-refractivity contribution is 7.79. The fourth-order valence-electron chi connectivity index (χ4n) is 3.15. The molecule has 0 spiro atoms. The summed E-state index contributed by atoms with van der Waals surface area (Å²) in [7, 11) is 1.69. The summed E-state index contributed by atoms with van der Waals surface area (Å²) in [5.41, 5.74) is 1.21. The van der Waals surface area contributed by atoms with E-state index in [1.54, 1.807) is 19.2 Å². The zero-order valence-electron chi connectivity index (χ0n) is 13.5. The van der Waals surface area contributed by atoms with Gasteiger partial charge in [-0.15, -0.1) is 0 Å². The number of anilines is 1. The van der Waals surface area contributed by atoms with Crippen molar-refractivity contribution in [3.63, 3.8) is 0 Å². The van der Waals surface area contributed by atoms with Crippen molar-refractivity contribution in [2.45, 2.75) is 37.6 Å². The Morgan fingerprint density at radius 1 is 1.30 bits per heavy atom. The lowest BCUT2D eigenvalue weighted by molar-refractivity contribution is 0.0864. The summed E-state index contributed by atoms with van der Waals surface area (Å²) in [5.74, 6) is 1.10. The highest BCUT2D eigenvalue weighted by Gasteiger charge is 2.45. The van der Waals surface area contributed by atoms with Crippen molar-refractivity contribution in [1.82, 2.24) is 4.90 Å². The Morgan fingerprint density at radius 2 is 2.00 bits per heavy atom. The number of fused-ring (bicyclic) bond motifs is 3. The van der Waals surface area contributed by atoms with Crippen molar-refractivity contribution in [2.75, 3.05) is 18.5 Å². The van der Waals surface area contributed by atoms with E-state index in [1.165, 1.54) is 23.8 Å². The molecule has 2 atom stereocenters. The number of hydrogen-bond acceptors (Lipinski definition) is 5. The molecule has 0 aromatic heterocycles. The van der Waals surface area contributed by atoms with Crippen LogP contribution in [0.3, 0.4) is 0 Å². The van der Waals surface area contributed by atoms with E-state index in [0.29, 0.717) is 24.0 Å². The van der Waals surface area contributed by atoms with Crippen molar-refractivity contribution in [3.8, 4) is 0 Å². The number of hydrogen-bond donors (Lipinski definition) is 0. The normalized spacial score (nSPS) is 23.6. The smallest absolute Gasteiger partial charge is 0.262 e. The first kappa shape index (κ1) is 16.1. The number of guanidine groups is 1. The monoisotopic (exact) mass is 334 g/mol. The van der Waals surface area contributed by atoms with E-state index in [0.717, 1.165) is 5.69 Å². The summed E-state index contributed by atoms with van der Waals surface area (Å²) in [6.07, 6.45) is 2.39. The van der Waals surface area contributed by atoms with E-state index < -0.39 is 11.1 Å². The fraction of sp³-hybridized carbons (Fsp3) is 0.500. The maximum Gasteiger partial charge on any atom is 0.262 e. The van der Waals surface area contributed by atoms with Crippen molar-refractivity contribution in [3.05, 3.63) is 23.8 Å². The minimum absolute atomic E-state index is 0.137. The Balaban J connectivity index is 0.000000753. The SMILES string of the molecule is CC.CN1C(=O)c2cc(S(=O)[O-])ccc2N2C1=NC[C@H]2C1CC1. The molecule has 1 unspecified atom stereocenters. The highest BCUT2D eigenvalue weighted by Crippen LogP contribution is 2.42. The second kappa shape index (κ2) is 6.05. The molecule has 1 amide bonds. The molecule has 1 aromatic carbocycles. The van der Waals surface area contributed by atoms with Crippen LogP contribution in [0.2, 0.25) is 0 Å². The number of carbonyl (C=O) groups is 1. The molecular weight excluding hydrogens is 314 g/mol. The molecular formula is C16H20N3O3S-. The summed E-state index contributed by atoms with van der Waals surface area (Å²) in [5, 5.41) is 0. The molecule has 0 saturated heterocycles. The van der Waals surface area contributed by atoms with Crippen LogP contribution in [0.15, 0.2) is 28.1 Å². The van der Waals surface area contributed by atoms with Gasteiger partial charge in [0.1, 0.15) is 0 Å². The number of nitrogens with zero attached hydrogens (tertiary/aromatic N) is 3. The Labute approximate surface area is 138 Å². The minimum Gasteiger partial charge on any atom is -0.768 e. The predicted octanol–water partition coefficient (Wildman–Crippen LogP) is 1.99. The molecule has 1 fully saturated rings. The minimum atomic E-state index is -2.33. The van der Waals surface area contributed by atoms with Crippen LogP contribution in [-0.4, -0.2) is 45.2 Å². The van der Waals surface area contributed by atoms with Crippen molar-refractivity contribution in [2.24, 2.45) is 10.9 Å². The van der Waals surface area contributed by atoms with Crippen LogP contribution in [0.25, 0.3) is 0 Å². The molecule has 7 heteroatoms. The van der Waals surface area contributed by atoms with Crippen LogP contribution in [-0.2, 0) is 11.1 Å². The van der Waals surface area contributed by atoms with Gasteiger partial charge in [-0.1, -0.05) is 13.8 Å². The van der Waals surface area contributed by atoms with Crippen LogP contribution in [0.4, 0.5) is 5.69 Å². The maximum absolute atomic E-state index is 12.4. The van der Waals surface area contributed by atoms with Crippen molar-refractivity contribution < 1.29 is 13.6 Å². The average Bonchev–Trinajstić information content (AvgIpc) is 3.32. The van der Waals surface area contributed by atoms with Gasteiger partial charge in [0.25, 0.3) is 5.91 Å². The predicted molar refractivity (Wildman–Crippen MR) is 88.4 cm³/mol. The van der Waals surface area contributed by atoms with Gasteiger partial charge in [-0.25, -0.2) is 0 Å². The number of rotatable bonds is 2. The summed E-state index contributed by atoms with van der Waals surface area (Å²) in [6.45, 7) is 4.70. The van der Waals surface area contributed by atoms with Crippen molar-refractivity contribution in [1.29, 1.82) is 0 Å². The zero-order chi connectivity index (χ0) is 16.7. The number of carbonyl (C=O) groups excluding carboxylic acids is 1. The molecule has 4 rings (SSSR count). The molecule has 23 heavy (non-hydrogen) atoms. The first-order chi connectivity index (χ1) is 11.1. The van der Waals surface area contributed by atoms with E-state index in [-0.39, 0.29) is 16.8 Å². The van der Waals surface area contributed by atoms with E-state index in [9.17, 15) is 13.6 Å². The number of amides is 1. The van der Waals surface area contributed by atoms with E-state index in [2.05, 4.69) is 9.89 Å². The fourth-order valence-corrected chi connectivity index (χ4v) is 3.54. The van der Waals surface area contributed by atoms with Gasteiger partial charge in [0.2, 0.25) is 5.96 Å². The van der Waals surface area contributed by atoms with Gasteiger partial charge in [-0.3, -0.25) is 18.9 Å². The lowest BCUT2D eigenvalue weighted by Gasteiger charge is -2.37. The van der Waals surface area contributed by atoms with Crippen LogP contribution in [0.1, 0.15) is 37.0 Å². The van der Waals surface area contributed by atoms with E-state index >= 15 is 0 Å². The molecule has 2 aliphatic heterocycles. The van der Waals surface area contributed by atoms with Gasteiger partial charge in [0.05, 0.1) is 23.8 Å². The molecule has 0 bridgehead atoms. The highest BCUT2D eigenvalue weighted by atomic mass is 32.2. The van der Waals surface area contributed by atoms with Crippen LogP contribution >= 0.6 is 0 Å². The van der Waals surface area contributed by atoms with E-state index in [4.69, 9.17) is 0 Å². The average molecular weight is 334 g/mol. The van der Waals surface area contributed by atoms with E-state index in [1.807, 2.05) is 13.8 Å². The Morgan fingerprint density at radius 3 is 2.61 bits per heavy atom. The van der Waals surface area contributed by atoms with Gasteiger partial charge >= 0.3 is 0 Å². The summed E-state index contributed by atoms with van der Waals surface area (Å²) in [6, 6.07) is 5.01. The van der Waals surface area contributed by atoms with Crippen LogP contribution < -0.4 is 4.90 Å². The van der Waals surface area contributed by atoms with Gasteiger partial charge < -0.3 is 9.45 Å². The van der Waals surface area contributed by atoms with Crippen LogP contribution in [0, 0.1) is 5.92 Å². The zero-order valence-corrected chi connectivity index (χ0v) is 14.3. The summed E-state index contributed by atoms with van der Waals surface area (Å²) >= 11 is -2.33. The van der Waals surface area contributed by atoms with Gasteiger partial charge in [-0.05, 0) is 48.0 Å². The molecule has 0 radical (unpaired) electrons. The maximum atomic E-state index is 12.4. The molecule has 124 valence electrons. The van der Waals surface area contributed by atoms with Gasteiger partial charge in [0, 0.05) is 11.9 Å². The van der Waals surface area contributed by atoms with Gasteiger partial charge in [-0.2, -0.15) is 0 Å². The molecule has 0 N–H and O–H groups in total. The molecule has 1 aliphatic carbocycles. The first-order valence-corrected chi connectivity index (χ1v) is 9.00. The first-order valence-electron chi connectivity index (χ1n) is 7.93. The van der Waals surface area contributed by atoms with Crippen molar-refractivity contribution >= 4 is 28.6 Å². The largest absolute Gasteiger partial charge is 0.768 e. The lowest BCUT2D eigenvalue weighted by atomic mass is 10.0. The summed E-state index contributed by atoms with van der Waals surface area (Å²) in [4.78, 5) is 20.7. The third-order valence-electron chi connectivity index (χ3n) is 4.39. The molecule has 1 aromatic rings. The Hall–Kier alpha value is -1.73. The standard InChI is InChI=1S/C14H15N3O3S.C2H6/c1-16-13(18)10-6-9(21(19)20)4-5-11(10)17-12(8-2-3-8)7-15-14(16)17;1-2/h4-6,8,12H,2-3,7H2,1H3,(H,19,20);1-2H3/p-1/t12-;/m0./s1. The second-order valence-corrected chi connectivity index (χ2v) is 6.63. The second-order valence-electron chi connectivity index (χ2n) is 5.69. The molecule has 6 nitrogen and oxygen atoms in total. The Kier molecular flexibility index (Phi) is 4.25. The third-order valence-corrected chi connectivity index (χ3v) is 5.03. The quantitative estimate of drug-likeness (QED) is 0.775. The number of aliphatic imine (C=N–C) groups is 1.